The second-order valence-electron chi connectivity index (χ2n) is 6.26. The molecule has 0 bridgehead atoms. The lowest BCUT2D eigenvalue weighted by Crippen LogP contribution is -2.28. The molecule has 4 heterocycles. The van der Waals surface area contributed by atoms with Gasteiger partial charge in [0.05, 0.1) is 46.5 Å². The predicted molar refractivity (Wildman–Crippen MR) is 107 cm³/mol. The van der Waals surface area contributed by atoms with E-state index < -0.39 is 0 Å². The molecular weight excluding hydrogens is 374 g/mol. The third-order valence-electron chi connectivity index (χ3n) is 4.30. The minimum absolute atomic E-state index is 0.135. The lowest BCUT2D eigenvalue weighted by Gasteiger charge is -2.09. The number of thiophene rings is 1. The fraction of sp³-hybridized carbons (Fsp3) is 0.211. The van der Waals surface area contributed by atoms with Crippen LogP contribution in [0.25, 0.3) is 21.8 Å². The third-order valence-corrected chi connectivity index (χ3v) is 5.18. The van der Waals surface area contributed by atoms with Crippen molar-refractivity contribution in [3.63, 3.8) is 0 Å². The van der Waals surface area contributed by atoms with Gasteiger partial charge in [0.1, 0.15) is 0 Å². The van der Waals surface area contributed by atoms with Gasteiger partial charge in [0, 0.05) is 37.7 Å². The van der Waals surface area contributed by atoms with E-state index in [0.717, 1.165) is 21.8 Å². The molecule has 8 nitrogen and oxygen atoms in total. The molecule has 0 saturated heterocycles. The zero-order chi connectivity index (χ0) is 19.5. The van der Waals surface area contributed by atoms with Crippen molar-refractivity contribution in [3.05, 3.63) is 59.8 Å². The van der Waals surface area contributed by atoms with Crippen LogP contribution >= 0.6 is 11.3 Å². The maximum absolute atomic E-state index is 12.4. The Balaban J connectivity index is 1.54. The van der Waals surface area contributed by atoms with Crippen LogP contribution in [0.1, 0.15) is 16.1 Å². The first kappa shape index (κ1) is 18.1. The van der Waals surface area contributed by atoms with Crippen LogP contribution in [0.5, 0.6) is 0 Å². The van der Waals surface area contributed by atoms with Crippen molar-refractivity contribution in [1.82, 2.24) is 34.8 Å². The van der Waals surface area contributed by atoms with E-state index in [4.69, 9.17) is 0 Å². The molecule has 4 rings (SSSR count). The topological polar surface area (TPSA) is 90.5 Å². The number of aromatic nitrogens is 6. The van der Waals surface area contributed by atoms with Crippen molar-refractivity contribution in [2.24, 2.45) is 7.05 Å². The van der Waals surface area contributed by atoms with Crippen LogP contribution in [0.2, 0.25) is 0 Å². The number of rotatable bonds is 6. The van der Waals surface area contributed by atoms with Crippen LogP contribution in [0, 0.1) is 6.92 Å². The van der Waals surface area contributed by atoms with Gasteiger partial charge in [-0.05, 0) is 18.4 Å². The van der Waals surface area contributed by atoms with Gasteiger partial charge in [-0.25, -0.2) is 0 Å². The summed E-state index contributed by atoms with van der Waals surface area (Å²) in [4.78, 5) is 22.1. The van der Waals surface area contributed by atoms with E-state index in [9.17, 15) is 4.79 Å². The van der Waals surface area contributed by atoms with Crippen LogP contribution in [0.4, 0.5) is 0 Å². The number of amides is 1. The molecule has 1 N–H and O–H groups in total. The van der Waals surface area contributed by atoms with Gasteiger partial charge in [0.25, 0.3) is 5.91 Å². The maximum Gasteiger partial charge on any atom is 0.254 e. The lowest BCUT2D eigenvalue weighted by atomic mass is 10.1. The molecule has 0 aliphatic rings. The largest absolute Gasteiger partial charge is 0.350 e. The van der Waals surface area contributed by atoms with Crippen LogP contribution in [0.3, 0.4) is 0 Å². The van der Waals surface area contributed by atoms with Crippen LogP contribution < -0.4 is 5.32 Å². The van der Waals surface area contributed by atoms with Crippen molar-refractivity contribution in [2.45, 2.75) is 13.5 Å². The van der Waals surface area contributed by atoms with Gasteiger partial charge in [-0.2, -0.15) is 10.2 Å². The molecule has 9 heteroatoms. The van der Waals surface area contributed by atoms with E-state index in [1.807, 2.05) is 23.1 Å². The standard InChI is InChI=1S/C19H19N7OS/c1-13-15(12-25(2)24-13)19(27)22-7-8-26-18(17-4-3-9-28-17)14(10-23-26)16-11-20-5-6-21-16/h3-6,9-12H,7-8H2,1-2H3,(H,22,27). The Hall–Kier alpha value is -3.33. The molecule has 0 aliphatic carbocycles. The van der Waals surface area contributed by atoms with Gasteiger partial charge in [0.15, 0.2) is 0 Å². The Bertz CT molecular complexity index is 1080. The molecule has 4 aromatic heterocycles. The highest BCUT2D eigenvalue weighted by Crippen LogP contribution is 2.33. The van der Waals surface area contributed by atoms with Crippen LogP contribution in [0.15, 0.2) is 48.5 Å². The van der Waals surface area contributed by atoms with Gasteiger partial charge in [0.2, 0.25) is 0 Å². The minimum Gasteiger partial charge on any atom is -0.350 e. The quantitative estimate of drug-likeness (QED) is 0.544. The first-order valence-corrected chi connectivity index (χ1v) is 9.66. The number of nitrogens with one attached hydrogen (secondary N) is 1. The molecule has 0 spiro atoms. The van der Waals surface area contributed by atoms with E-state index in [2.05, 4.69) is 31.5 Å². The maximum atomic E-state index is 12.4. The number of hydrogen-bond donors (Lipinski definition) is 1. The summed E-state index contributed by atoms with van der Waals surface area (Å²) in [6, 6.07) is 4.06. The number of carbonyl (C=O) groups is 1. The summed E-state index contributed by atoms with van der Waals surface area (Å²) in [5.74, 6) is -0.135. The van der Waals surface area contributed by atoms with E-state index in [1.165, 1.54) is 0 Å². The molecule has 142 valence electrons. The lowest BCUT2D eigenvalue weighted by molar-refractivity contribution is 0.0951. The Kier molecular flexibility index (Phi) is 4.98. The molecule has 4 aromatic rings. The Morgan fingerprint density at radius 1 is 1.29 bits per heavy atom. The summed E-state index contributed by atoms with van der Waals surface area (Å²) in [5.41, 5.74) is 3.96. The number of aryl methyl sites for hydroxylation is 2. The van der Waals surface area contributed by atoms with Gasteiger partial charge >= 0.3 is 0 Å². The second kappa shape index (κ2) is 7.73. The predicted octanol–water partition coefficient (Wildman–Crippen LogP) is 2.54. The summed E-state index contributed by atoms with van der Waals surface area (Å²) in [7, 11) is 1.80. The van der Waals surface area contributed by atoms with E-state index in [0.29, 0.717) is 24.3 Å². The zero-order valence-corrected chi connectivity index (χ0v) is 16.3. The average Bonchev–Trinajstić information content (AvgIpc) is 3.42. The molecule has 1 amide bonds. The first-order chi connectivity index (χ1) is 13.6. The van der Waals surface area contributed by atoms with Crippen molar-refractivity contribution < 1.29 is 4.79 Å². The molecule has 0 atom stereocenters. The Morgan fingerprint density at radius 2 is 2.18 bits per heavy atom. The van der Waals surface area contributed by atoms with Gasteiger partial charge in [-0.15, -0.1) is 11.3 Å². The van der Waals surface area contributed by atoms with Gasteiger partial charge in [-0.3, -0.25) is 24.1 Å². The highest BCUT2D eigenvalue weighted by atomic mass is 32.1. The SMILES string of the molecule is Cc1nn(C)cc1C(=O)NCCn1ncc(-c2cnccn2)c1-c1cccs1. The fourth-order valence-corrected chi connectivity index (χ4v) is 3.83. The third kappa shape index (κ3) is 3.56. The van der Waals surface area contributed by atoms with Crippen molar-refractivity contribution in [1.29, 1.82) is 0 Å². The molecule has 0 aliphatic heterocycles. The summed E-state index contributed by atoms with van der Waals surface area (Å²) < 4.78 is 3.53. The van der Waals surface area contributed by atoms with Crippen molar-refractivity contribution >= 4 is 17.2 Å². The van der Waals surface area contributed by atoms with E-state index in [-0.39, 0.29) is 5.91 Å². The number of hydrogen-bond acceptors (Lipinski definition) is 6. The minimum atomic E-state index is -0.135. The molecule has 0 saturated carbocycles. The molecule has 0 unspecified atom stereocenters. The smallest absolute Gasteiger partial charge is 0.254 e. The molecular formula is C19H19N7OS. The summed E-state index contributed by atoms with van der Waals surface area (Å²) in [6.45, 7) is 2.82. The summed E-state index contributed by atoms with van der Waals surface area (Å²) in [5, 5.41) is 13.7. The Morgan fingerprint density at radius 3 is 2.86 bits per heavy atom. The molecule has 0 aromatic carbocycles. The average molecular weight is 393 g/mol. The van der Waals surface area contributed by atoms with Crippen molar-refractivity contribution in [2.75, 3.05) is 6.54 Å². The normalized spacial score (nSPS) is 10.9. The van der Waals surface area contributed by atoms with Gasteiger partial charge in [-0.1, -0.05) is 6.07 Å². The fourth-order valence-electron chi connectivity index (χ4n) is 3.05. The second-order valence-corrected chi connectivity index (χ2v) is 7.20. The Labute approximate surface area is 165 Å². The van der Waals surface area contributed by atoms with Crippen molar-refractivity contribution in [3.8, 4) is 21.8 Å². The first-order valence-electron chi connectivity index (χ1n) is 8.78. The molecule has 0 fully saturated rings. The van der Waals surface area contributed by atoms with E-state index >= 15 is 0 Å². The number of nitrogens with zero attached hydrogens (tertiary/aromatic N) is 6. The monoisotopic (exact) mass is 393 g/mol. The van der Waals surface area contributed by atoms with Crippen LogP contribution in [-0.2, 0) is 13.6 Å². The highest BCUT2D eigenvalue weighted by Gasteiger charge is 2.17. The zero-order valence-electron chi connectivity index (χ0n) is 15.5. The summed E-state index contributed by atoms with van der Waals surface area (Å²) >= 11 is 1.64. The van der Waals surface area contributed by atoms with Gasteiger partial charge < -0.3 is 5.32 Å². The van der Waals surface area contributed by atoms with Crippen LogP contribution in [-0.4, -0.2) is 42.0 Å². The molecule has 0 radical (unpaired) electrons. The number of carbonyl (C=O) groups excluding carboxylic acids is 1. The molecule has 28 heavy (non-hydrogen) atoms. The van der Waals surface area contributed by atoms with E-state index in [1.54, 1.807) is 54.1 Å². The summed E-state index contributed by atoms with van der Waals surface area (Å²) in [6.07, 6.45) is 8.56. The highest BCUT2D eigenvalue weighted by molar-refractivity contribution is 7.13.